The van der Waals surface area contributed by atoms with Crippen molar-refractivity contribution in [1.82, 2.24) is 5.32 Å². The Morgan fingerprint density at radius 3 is 2.15 bits per heavy atom. The largest absolute Gasteiger partial charge is 0.391 e. The number of benzene rings is 3. The summed E-state index contributed by atoms with van der Waals surface area (Å²) in [6, 6.07) is 26.5. The first kappa shape index (κ1) is 23.2. The van der Waals surface area contributed by atoms with Gasteiger partial charge in [0.05, 0.1) is 18.2 Å². The zero-order valence-electron chi connectivity index (χ0n) is 18.7. The topological polar surface area (TPSA) is 95.6 Å². The van der Waals surface area contributed by atoms with Gasteiger partial charge in [-0.3, -0.25) is 4.79 Å². The number of rotatable bonds is 9. The Morgan fingerprint density at radius 1 is 0.909 bits per heavy atom. The zero-order valence-corrected chi connectivity index (χ0v) is 18.7. The lowest BCUT2D eigenvalue weighted by molar-refractivity contribution is -0.127. The third-order valence-corrected chi connectivity index (χ3v) is 6.53. The van der Waals surface area contributed by atoms with Gasteiger partial charge in [0.15, 0.2) is 0 Å². The van der Waals surface area contributed by atoms with Gasteiger partial charge >= 0.3 is 0 Å². The van der Waals surface area contributed by atoms with Crippen LogP contribution in [0.3, 0.4) is 0 Å². The predicted molar refractivity (Wildman–Crippen MR) is 129 cm³/mol. The van der Waals surface area contributed by atoms with E-state index in [1.807, 2.05) is 84.9 Å². The molecule has 0 saturated carbocycles. The van der Waals surface area contributed by atoms with Crippen LogP contribution in [0.25, 0.3) is 0 Å². The van der Waals surface area contributed by atoms with Crippen LogP contribution in [0.15, 0.2) is 84.9 Å². The third-order valence-electron chi connectivity index (χ3n) is 6.53. The monoisotopic (exact) mass is 444 g/mol. The van der Waals surface area contributed by atoms with Crippen LogP contribution in [0, 0.1) is 5.92 Å². The molecule has 1 aliphatic carbocycles. The Bertz CT molecular complexity index is 1040. The molecule has 0 unspecified atom stereocenters. The summed E-state index contributed by atoms with van der Waals surface area (Å²) in [6.07, 6.45) is 0.316. The lowest BCUT2D eigenvalue weighted by Crippen LogP contribution is -2.43. The molecule has 0 spiro atoms. The summed E-state index contributed by atoms with van der Waals surface area (Å²) in [5.74, 6) is -0.644. The van der Waals surface area contributed by atoms with E-state index in [1.165, 1.54) is 0 Å². The Labute approximate surface area is 195 Å². The molecular formula is C28H32N2O3. The summed E-state index contributed by atoms with van der Waals surface area (Å²) in [6.45, 7) is 0. The molecule has 5 atom stereocenters. The number of amides is 1. The van der Waals surface area contributed by atoms with Gasteiger partial charge in [0.1, 0.15) is 0 Å². The fourth-order valence-electron chi connectivity index (χ4n) is 4.69. The van der Waals surface area contributed by atoms with E-state index >= 15 is 0 Å². The van der Waals surface area contributed by atoms with Gasteiger partial charge in [0, 0.05) is 18.4 Å². The van der Waals surface area contributed by atoms with E-state index in [-0.39, 0.29) is 12.3 Å². The van der Waals surface area contributed by atoms with E-state index in [0.29, 0.717) is 19.3 Å². The lowest BCUT2D eigenvalue weighted by Gasteiger charge is -2.26. The average molecular weight is 445 g/mol. The maximum Gasteiger partial charge on any atom is 0.224 e. The van der Waals surface area contributed by atoms with Crippen LogP contribution in [0.4, 0.5) is 0 Å². The molecule has 3 aromatic rings. The second kappa shape index (κ2) is 10.8. The summed E-state index contributed by atoms with van der Waals surface area (Å²) < 4.78 is 0. The van der Waals surface area contributed by atoms with Crippen molar-refractivity contribution in [2.24, 2.45) is 11.7 Å². The minimum absolute atomic E-state index is 0.175. The highest BCUT2D eigenvalue weighted by molar-refractivity contribution is 5.80. The van der Waals surface area contributed by atoms with Crippen molar-refractivity contribution < 1.29 is 15.0 Å². The molecule has 5 heteroatoms. The molecule has 0 radical (unpaired) electrons. The van der Waals surface area contributed by atoms with Crippen molar-refractivity contribution in [3.05, 3.63) is 107 Å². The minimum Gasteiger partial charge on any atom is -0.391 e. The molecule has 0 bridgehead atoms. The van der Waals surface area contributed by atoms with Gasteiger partial charge in [-0.15, -0.1) is 0 Å². The van der Waals surface area contributed by atoms with Gasteiger partial charge < -0.3 is 21.3 Å². The molecule has 5 nitrogen and oxygen atoms in total. The molecule has 1 aliphatic rings. The first-order valence-corrected chi connectivity index (χ1v) is 11.6. The normalized spacial score (nSPS) is 20.0. The van der Waals surface area contributed by atoms with Crippen molar-refractivity contribution in [3.63, 3.8) is 0 Å². The maximum atomic E-state index is 13.4. The van der Waals surface area contributed by atoms with Crippen LogP contribution in [0.2, 0.25) is 0 Å². The third kappa shape index (κ3) is 5.88. The Hall–Kier alpha value is -2.99. The van der Waals surface area contributed by atoms with Gasteiger partial charge in [-0.1, -0.05) is 84.9 Å². The first-order chi connectivity index (χ1) is 16.0. The lowest BCUT2D eigenvalue weighted by atomic mass is 9.88. The van der Waals surface area contributed by atoms with E-state index in [0.717, 1.165) is 22.3 Å². The molecule has 172 valence electrons. The smallest absolute Gasteiger partial charge is 0.224 e. The number of nitrogens with two attached hydrogens (primary N) is 1. The summed E-state index contributed by atoms with van der Waals surface area (Å²) >= 11 is 0. The van der Waals surface area contributed by atoms with E-state index in [9.17, 15) is 15.0 Å². The number of fused-ring (bicyclic) bond motifs is 1. The zero-order chi connectivity index (χ0) is 23.2. The van der Waals surface area contributed by atoms with Crippen molar-refractivity contribution in [2.75, 3.05) is 0 Å². The van der Waals surface area contributed by atoms with Crippen molar-refractivity contribution in [2.45, 2.75) is 50.0 Å². The average Bonchev–Trinajstić information content (AvgIpc) is 3.14. The van der Waals surface area contributed by atoms with E-state index in [1.54, 1.807) is 0 Å². The quantitative estimate of drug-likeness (QED) is 0.408. The molecule has 3 aromatic carbocycles. The second-order valence-corrected chi connectivity index (χ2v) is 9.00. The molecule has 1 amide bonds. The number of carbonyl (C=O) groups is 1. The van der Waals surface area contributed by atoms with E-state index in [2.05, 4.69) is 5.32 Å². The SMILES string of the molecule is N[C@@H](Cc1ccccc1)[C@H](O)C[C@H](Cc1ccccc1)C(=O)N[C@H]1c2ccccc2C[C@H]1O. The predicted octanol–water partition coefficient (Wildman–Crippen LogP) is 2.94. The maximum absolute atomic E-state index is 13.4. The van der Waals surface area contributed by atoms with E-state index in [4.69, 9.17) is 5.73 Å². The molecule has 0 aromatic heterocycles. The number of aliphatic hydroxyl groups is 2. The van der Waals surface area contributed by atoms with Crippen LogP contribution in [-0.2, 0) is 24.1 Å². The number of hydrogen-bond donors (Lipinski definition) is 4. The van der Waals surface area contributed by atoms with Crippen molar-refractivity contribution in [3.8, 4) is 0 Å². The highest BCUT2D eigenvalue weighted by atomic mass is 16.3. The standard InChI is InChI=1S/C28H32N2O3/c29-24(16-20-11-5-2-6-12-20)25(31)18-22(15-19-9-3-1-4-10-19)28(33)30-27-23-14-8-7-13-21(23)17-26(27)32/h1-14,22,24-27,31-32H,15-18,29H2,(H,30,33)/t22-,24-,25+,26+,27-/m0/s1. The minimum atomic E-state index is -0.828. The fraction of sp³-hybridized carbons (Fsp3) is 0.321. The molecule has 4 rings (SSSR count). The van der Waals surface area contributed by atoms with Crippen LogP contribution >= 0.6 is 0 Å². The number of hydrogen-bond acceptors (Lipinski definition) is 4. The molecule has 5 N–H and O–H groups in total. The molecule has 0 fully saturated rings. The Balaban J connectivity index is 1.47. The van der Waals surface area contributed by atoms with Gasteiger partial charge in [-0.2, -0.15) is 0 Å². The fourth-order valence-corrected chi connectivity index (χ4v) is 4.69. The van der Waals surface area contributed by atoms with Gasteiger partial charge in [0.25, 0.3) is 0 Å². The van der Waals surface area contributed by atoms with Crippen LogP contribution in [0.5, 0.6) is 0 Å². The van der Waals surface area contributed by atoms with Gasteiger partial charge in [0.2, 0.25) is 5.91 Å². The Kier molecular flexibility index (Phi) is 7.55. The number of aliphatic hydroxyl groups excluding tert-OH is 2. The van der Waals surface area contributed by atoms with Crippen LogP contribution < -0.4 is 11.1 Å². The number of nitrogens with one attached hydrogen (secondary N) is 1. The summed E-state index contributed by atoms with van der Waals surface area (Å²) in [7, 11) is 0. The molecule has 0 heterocycles. The molecular weight excluding hydrogens is 412 g/mol. The van der Waals surface area contributed by atoms with Gasteiger partial charge in [-0.05, 0) is 41.5 Å². The molecule has 0 aliphatic heterocycles. The number of carbonyl (C=O) groups excluding carboxylic acids is 1. The van der Waals surface area contributed by atoms with Crippen LogP contribution in [0.1, 0.15) is 34.7 Å². The van der Waals surface area contributed by atoms with Gasteiger partial charge in [-0.25, -0.2) is 0 Å². The van der Waals surface area contributed by atoms with Crippen molar-refractivity contribution in [1.29, 1.82) is 0 Å². The molecule has 33 heavy (non-hydrogen) atoms. The highest BCUT2D eigenvalue weighted by Crippen LogP contribution is 2.32. The Morgan fingerprint density at radius 2 is 1.48 bits per heavy atom. The summed E-state index contributed by atoms with van der Waals surface area (Å²) in [4.78, 5) is 13.4. The van der Waals surface area contributed by atoms with Crippen LogP contribution in [-0.4, -0.2) is 34.4 Å². The second-order valence-electron chi connectivity index (χ2n) is 9.00. The van der Waals surface area contributed by atoms with E-state index < -0.39 is 30.2 Å². The summed E-state index contributed by atoms with van der Waals surface area (Å²) in [5.41, 5.74) is 10.4. The first-order valence-electron chi connectivity index (χ1n) is 11.6. The molecule has 0 saturated heterocycles. The summed E-state index contributed by atoms with van der Waals surface area (Å²) in [5, 5.41) is 24.5. The van der Waals surface area contributed by atoms with Crippen molar-refractivity contribution >= 4 is 5.91 Å². The highest BCUT2D eigenvalue weighted by Gasteiger charge is 2.34.